The molecule has 2 unspecified atom stereocenters. The summed E-state index contributed by atoms with van der Waals surface area (Å²) in [7, 11) is 0. The first-order valence-electron chi connectivity index (χ1n) is 8.25. The highest BCUT2D eigenvalue weighted by Gasteiger charge is 2.57. The Morgan fingerprint density at radius 2 is 1.40 bits per heavy atom. The van der Waals surface area contributed by atoms with E-state index in [1.165, 1.54) is 31.2 Å². The second-order valence-corrected chi connectivity index (χ2v) is 7.88. The van der Waals surface area contributed by atoms with E-state index in [1.807, 2.05) is 0 Å². The summed E-state index contributed by atoms with van der Waals surface area (Å²) >= 11 is 0. The summed E-state index contributed by atoms with van der Waals surface area (Å²) in [6.07, 6.45) is 5.71. The van der Waals surface area contributed by atoms with Gasteiger partial charge in [-0.3, -0.25) is 4.90 Å². The van der Waals surface area contributed by atoms with E-state index in [0.29, 0.717) is 11.1 Å². The molecule has 2 aliphatic rings. The van der Waals surface area contributed by atoms with Gasteiger partial charge in [0.15, 0.2) is 0 Å². The van der Waals surface area contributed by atoms with Crippen molar-refractivity contribution >= 4 is 0 Å². The molecule has 1 aromatic rings. The van der Waals surface area contributed by atoms with Crippen molar-refractivity contribution < 1.29 is 0 Å². The summed E-state index contributed by atoms with van der Waals surface area (Å²) < 4.78 is 0. The molecule has 2 atom stereocenters. The van der Waals surface area contributed by atoms with E-state index >= 15 is 0 Å². The van der Waals surface area contributed by atoms with Gasteiger partial charge in [0.1, 0.15) is 0 Å². The Bertz CT molecular complexity index is 436. The molecule has 0 bridgehead atoms. The molecule has 1 heterocycles. The molecule has 1 aromatic carbocycles. The minimum absolute atomic E-state index is 0.324. The maximum atomic E-state index is 2.79. The van der Waals surface area contributed by atoms with Gasteiger partial charge >= 0.3 is 0 Å². The monoisotopic (exact) mass is 271 g/mol. The number of fused-ring (bicyclic) bond motifs is 1. The topological polar surface area (TPSA) is 3.24 Å². The van der Waals surface area contributed by atoms with Crippen molar-refractivity contribution in [1.82, 2.24) is 4.90 Å². The lowest BCUT2D eigenvalue weighted by atomic mass is 9.69. The van der Waals surface area contributed by atoms with Gasteiger partial charge in [0.2, 0.25) is 0 Å². The zero-order chi connectivity index (χ0) is 14.4. The van der Waals surface area contributed by atoms with Crippen LogP contribution in [0.2, 0.25) is 0 Å². The molecule has 0 amide bonds. The van der Waals surface area contributed by atoms with Gasteiger partial charge in [-0.05, 0) is 57.9 Å². The van der Waals surface area contributed by atoms with Crippen LogP contribution >= 0.6 is 0 Å². The minimum atomic E-state index is 0.324. The molecule has 2 fully saturated rings. The maximum absolute atomic E-state index is 2.79. The SMILES string of the molecule is CC1(C)C2CCCCC2C(C)(C)N1Cc1ccccc1. The third kappa shape index (κ3) is 2.11. The molecule has 0 radical (unpaired) electrons. The van der Waals surface area contributed by atoms with E-state index < -0.39 is 0 Å². The zero-order valence-electron chi connectivity index (χ0n) is 13.5. The first-order chi connectivity index (χ1) is 9.44. The lowest BCUT2D eigenvalue weighted by Gasteiger charge is -2.42. The van der Waals surface area contributed by atoms with E-state index in [2.05, 4.69) is 62.9 Å². The first-order valence-corrected chi connectivity index (χ1v) is 8.25. The van der Waals surface area contributed by atoms with Crippen molar-refractivity contribution in [2.75, 3.05) is 0 Å². The summed E-state index contributed by atoms with van der Waals surface area (Å²) in [6, 6.07) is 11.0. The Morgan fingerprint density at radius 3 is 1.90 bits per heavy atom. The number of benzene rings is 1. The van der Waals surface area contributed by atoms with Gasteiger partial charge in [0.25, 0.3) is 0 Å². The van der Waals surface area contributed by atoms with Crippen LogP contribution in [0.25, 0.3) is 0 Å². The summed E-state index contributed by atoms with van der Waals surface area (Å²) in [5.74, 6) is 1.74. The van der Waals surface area contributed by atoms with Crippen molar-refractivity contribution in [1.29, 1.82) is 0 Å². The summed E-state index contributed by atoms with van der Waals surface area (Å²) in [5, 5.41) is 0. The minimum Gasteiger partial charge on any atom is -0.288 e. The fourth-order valence-electron chi connectivity index (χ4n) is 5.14. The highest BCUT2D eigenvalue weighted by molar-refractivity contribution is 5.18. The van der Waals surface area contributed by atoms with Crippen LogP contribution in [0.1, 0.15) is 58.9 Å². The average molecular weight is 271 g/mol. The molecule has 3 rings (SSSR count). The standard InChI is InChI=1S/C19H29N/c1-18(2)16-12-8-9-13-17(16)19(3,4)20(18)14-15-10-6-5-7-11-15/h5-7,10-11,16-17H,8-9,12-14H2,1-4H3. The number of nitrogens with zero attached hydrogens (tertiary/aromatic N) is 1. The molecule has 0 spiro atoms. The van der Waals surface area contributed by atoms with Gasteiger partial charge in [0, 0.05) is 17.6 Å². The molecule has 110 valence electrons. The van der Waals surface area contributed by atoms with Crippen molar-refractivity contribution in [3.05, 3.63) is 35.9 Å². The molecule has 0 aromatic heterocycles. The largest absolute Gasteiger partial charge is 0.288 e. The molecule has 20 heavy (non-hydrogen) atoms. The zero-order valence-corrected chi connectivity index (χ0v) is 13.5. The van der Waals surface area contributed by atoms with Crippen LogP contribution in [-0.4, -0.2) is 16.0 Å². The second-order valence-electron chi connectivity index (χ2n) is 7.88. The number of likely N-dealkylation sites (tertiary alicyclic amines) is 1. The van der Waals surface area contributed by atoms with E-state index in [-0.39, 0.29) is 0 Å². The lowest BCUT2D eigenvalue weighted by Crippen LogP contribution is -2.49. The molecule has 0 N–H and O–H groups in total. The predicted molar refractivity (Wildman–Crippen MR) is 85.6 cm³/mol. The molecular weight excluding hydrogens is 242 g/mol. The average Bonchev–Trinajstić information content (AvgIpc) is 2.59. The van der Waals surface area contributed by atoms with Crippen LogP contribution in [0, 0.1) is 11.8 Å². The van der Waals surface area contributed by atoms with Gasteiger partial charge in [-0.2, -0.15) is 0 Å². The van der Waals surface area contributed by atoms with Crippen LogP contribution in [-0.2, 0) is 6.54 Å². The Morgan fingerprint density at radius 1 is 0.900 bits per heavy atom. The maximum Gasteiger partial charge on any atom is 0.0244 e. The Hall–Kier alpha value is -0.820. The summed E-state index contributed by atoms with van der Waals surface area (Å²) in [5.41, 5.74) is 2.10. The molecule has 1 saturated heterocycles. The fourth-order valence-corrected chi connectivity index (χ4v) is 5.14. The normalized spacial score (nSPS) is 32.0. The molecule has 1 nitrogen and oxygen atoms in total. The van der Waals surface area contributed by atoms with Crippen molar-refractivity contribution in [2.45, 2.75) is 71.0 Å². The second kappa shape index (κ2) is 4.87. The molecule has 1 aliphatic carbocycles. The lowest BCUT2D eigenvalue weighted by molar-refractivity contribution is 0.0521. The number of hydrogen-bond acceptors (Lipinski definition) is 1. The van der Waals surface area contributed by atoms with Crippen LogP contribution < -0.4 is 0 Å². The van der Waals surface area contributed by atoms with E-state index in [1.54, 1.807) is 0 Å². The van der Waals surface area contributed by atoms with Crippen molar-refractivity contribution in [2.24, 2.45) is 11.8 Å². The summed E-state index contributed by atoms with van der Waals surface area (Å²) in [6.45, 7) is 11.0. The van der Waals surface area contributed by atoms with E-state index in [4.69, 9.17) is 0 Å². The van der Waals surface area contributed by atoms with Crippen LogP contribution in [0.5, 0.6) is 0 Å². The van der Waals surface area contributed by atoms with Gasteiger partial charge < -0.3 is 0 Å². The quantitative estimate of drug-likeness (QED) is 0.742. The summed E-state index contributed by atoms with van der Waals surface area (Å²) in [4.78, 5) is 2.79. The molecule has 1 saturated carbocycles. The molecule has 1 aliphatic heterocycles. The van der Waals surface area contributed by atoms with Crippen LogP contribution in [0.4, 0.5) is 0 Å². The first kappa shape index (κ1) is 14.1. The van der Waals surface area contributed by atoms with Crippen LogP contribution in [0.3, 0.4) is 0 Å². The predicted octanol–water partition coefficient (Wildman–Crippen LogP) is 4.87. The highest BCUT2D eigenvalue weighted by atomic mass is 15.3. The van der Waals surface area contributed by atoms with E-state index in [9.17, 15) is 0 Å². The fraction of sp³-hybridized carbons (Fsp3) is 0.684. The molecular formula is C19H29N. The third-order valence-corrected chi connectivity index (χ3v) is 6.16. The Kier molecular flexibility index (Phi) is 3.44. The smallest absolute Gasteiger partial charge is 0.0244 e. The number of rotatable bonds is 2. The Labute approximate surface area is 124 Å². The van der Waals surface area contributed by atoms with Gasteiger partial charge in [-0.15, -0.1) is 0 Å². The Balaban J connectivity index is 1.92. The van der Waals surface area contributed by atoms with Crippen molar-refractivity contribution in [3.63, 3.8) is 0 Å². The molecule has 1 heteroatoms. The van der Waals surface area contributed by atoms with E-state index in [0.717, 1.165) is 18.4 Å². The van der Waals surface area contributed by atoms with Gasteiger partial charge in [-0.1, -0.05) is 43.2 Å². The third-order valence-electron chi connectivity index (χ3n) is 6.16. The highest BCUT2D eigenvalue weighted by Crippen LogP contribution is 2.55. The van der Waals surface area contributed by atoms with Crippen molar-refractivity contribution in [3.8, 4) is 0 Å². The van der Waals surface area contributed by atoms with Gasteiger partial charge in [0.05, 0.1) is 0 Å². The number of hydrogen-bond donors (Lipinski definition) is 0. The van der Waals surface area contributed by atoms with Crippen LogP contribution in [0.15, 0.2) is 30.3 Å². The van der Waals surface area contributed by atoms with Gasteiger partial charge in [-0.25, -0.2) is 0 Å².